The van der Waals surface area contributed by atoms with Gasteiger partial charge in [-0.15, -0.1) is 0 Å². The second-order valence-corrected chi connectivity index (χ2v) is 2.80. The number of hydrogen-bond donors (Lipinski definition) is 1. The molecule has 2 aromatic carbocycles. The molecule has 2 aromatic rings. The van der Waals surface area contributed by atoms with Crippen LogP contribution >= 0.6 is 0 Å². The van der Waals surface area contributed by atoms with Gasteiger partial charge in [0.2, 0.25) is 0 Å². The highest BCUT2D eigenvalue weighted by Gasteiger charge is 2.07. The minimum absolute atomic E-state index is 0.155. The first-order chi connectivity index (χ1) is 6.20. The molecule has 0 radical (unpaired) electrons. The maximum atomic E-state index is 13.2. The molecule has 0 saturated carbocycles. The van der Waals surface area contributed by atoms with Gasteiger partial charge in [-0.1, -0.05) is 12.1 Å². The number of benzene rings is 2. The Bertz CT molecular complexity index is 457. The van der Waals surface area contributed by atoms with Crippen LogP contribution in [-0.2, 0) is 0 Å². The molecule has 0 unspecified atom stereocenters. The first-order valence-corrected chi connectivity index (χ1v) is 3.82. The van der Waals surface area contributed by atoms with Crippen molar-refractivity contribution in [3.05, 3.63) is 42.0 Å². The highest BCUT2D eigenvalue weighted by molar-refractivity contribution is 5.93. The summed E-state index contributed by atoms with van der Waals surface area (Å²) in [7, 11) is 0. The smallest absolute Gasteiger partial charge is 0.133 e. The summed E-state index contributed by atoms with van der Waals surface area (Å²) in [6, 6.07) is 6.82. The van der Waals surface area contributed by atoms with Crippen molar-refractivity contribution in [3.63, 3.8) is 0 Å². The SMILES string of the molecule is Nc1ccc(F)c2cccc(F)c12. The molecule has 0 aliphatic rings. The minimum Gasteiger partial charge on any atom is -0.398 e. The average molecular weight is 179 g/mol. The lowest BCUT2D eigenvalue weighted by molar-refractivity contribution is 0.629. The first-order valence-electron chi connectivity index (χ1n) is 3.82. The molecule has 0 atom stereocenters. The summed E-state index contributed by atoms with van der Waals surface area (Å²) in [5.74, 6) is -0.946. The zero-order chi connectivity index (χ0) is 9.42. The monoisotopic (exact) mass is 179 g/mol. The Morgan fingerprint density at radius 3 is 2.38 bits per heavy atom. The van der Waals surface area contributed by atoms with E-state index >= 15 is 0 Å². The Morgan fingerprint density at radius 1 is 0.923 bits per heavy atom. The molecule has 2 N–H and O–H groups in total. The van der Waals surface area contributed by atoms with E-state index in [9.17, 15) is 8.78 Å². The summed E-state index contributed by atoms with van der Waals surface area (Å²) in [4.78, 5) is 0. The van der Waals surface area contributed by atoms with Crippen molar-refractivity contribution in [3.8, 4) is 0 Å². The molecule has 0 aliphatic carbocycles. The summed E-state index contributed by atoms with van der Waals surface area (Å²) in [5, 5.41) is 0.377. The lowest BCUT2D eigenvalue weighted by atomic mass is 10.1. The van der Waals surface area contributed by atoms with Crippen molar-refractivity contribution >= 4 is 16.5 Å². The van der Waals surface area contributed by atoms with Gasteiger partial charge in [0.25, 0.3) is 0 Å². The highest BCUT2D eigenvalue weighted by Crippen LogP contribution is 2.25. The van der Waals surface area contributed by atoms with E-state index < -0.39 is 11.6 Å². The molecule has 0 spiro atoms. The van der Waals surface area contributed by atoms with Crippen LogP contribution in [0.5, 0.6) is 0 Å². The van der Waals surface area contributed by atoms with E-state index in [4.69, 9.17) is 5.73 Å². The van der Waals surface area contributed by atoms with Crippen LogP contribution in [0.4, 0.5) is 14.5 Å². The molecule has 0 heterocycles. The highest BCUT2D eigenvalue weighted by atomic mass is 19.1. The zero-order valence-corrected chi connectivity index (χ0v) is 6.72. The van der Waals surface area contributed by atoms with Gasteiger partial charge in [-0.25, -0.2) is 8.78 Å². The van der Waals surface area contributed by atoms with Gasteiger partial charge in [-0.3, -0.25) is 0 Å². The van der Waals surface area contributed by atoms with Gasteiger partial charge < -0.3 is 5.73 Å². The van der Waals surface area contributed by atoms with Gasteiger partial charge >= 0.3 is 0 Å². The predicted octanol–water partition coefficient (Wildman–Crippen LogP) is 2.70. The van der Waals surface area contributed by atoms with E-state index in [0.29, 0.717) is 0 Å². The average Bonchev–Trinajstić information content (AvgIpc) is 2.12. The van der Waals surface area contributed by atoms with Crippen molar-refractivity contribution in [1.82, 2.24) is 0 Å². The molecule has 0 aromatic heterocycles. The van der Waals surface area contributed by atoms with E-state index in [-0.39, 0.29) is 16.5 Å². The molecule has 0 bridgehead atoms. The predicted molar refractivity (Wildman–Crippen MR) is 48.3 cm³/mol. The van der Waals surface area contributed by atoms with Crippen molar-refractivity contribution in [2.45, 2.75) is 0 Å². The molecule has 1 nitrogen and oxygen atoms in total. The molecule has 0 aliphatic heterocycles. The Kier molecular flexibility index (Phi) is 1.65. The number of halogens is 2. The molecule has 0 saturated heterocycles. The van der Waals surface area contributed by atoms with E-state index in [2.05, 4.69) is 0 Å². The van der Waals surface area contributed by atoms with Crippen LogP contribution in [0.15, 0.2) is 30.3 Å². The van der Waals surface area contributed by atoms with Crippen molar-refractivity contribution < 1.29 is 8.78 Å². The lowest BCUT2D eigenvalue weighted by Crippen LogP contribution is -1.91. The standard InChI is InChI=1S/C10H7F2N/c11-7-4-5-9(13)10-6(7)2-1-3-8(10)12/h1-5H,13H2. The van der Waals surface area contributed by atoms with Crippen molar-refractivity contribution in [2.24, 2.45) is 0 Å². The van der Waals surface area contributed by atoms with Crippen LogP contribution in [0.3, 0.4) is 0 Å². The number of nitrogen functional groups attached to an aromatic ring is 1. The zero-order valence-electron chi connectivity index (χ0n) is 6.72. The Morgan fingerprint density at radius 2 is 1.69 bits per heavy atom. The molecule has 0 fully saturated rings. The number of rotatable bonds is 0. The third-order valence-corrected chi connectivity index (χ3v) is 1.97. The second-order valence-electron chi connectivity index (χ2n) is 2.80. The molecular weight excluding hydrogens is 172 g/mol. The summed E-state index contributed by atoms with van der Waals surface area (Å²) in [5.41, 5.74) is 5.78. The Balaban J connectivity index is 3.00. The van der Waals surface area contributed by atoms with Crippen LogP contribution in [-0.4, -0.2) is 0 Å². The van der Waals surface area contributed by atoms with Gasteiger partial charge in [0.05, 0.1) is 0 Å². The van der Waals surface area contributed by atoms with Crippen LogP contribution in [0.25, 0.3) is 10.8 Å². The molecule has 13 heavy (non-hydrogen) atoms. The second kappa shape index (κ2) is 2.69. The first kappa shape index (κ1) is 7.98. The quantitative estimate of drug-likeness (QED) is 0.618. The van der Waals surface area contributed by atoms with Crippen LogP contribution in [0, 0.1) is 11.6 Å². The van der Waals surface area contributed by atoms with Crippen molar-refractivity contribution in [1.29, 1.82) is 0 Å². The minimum atomic E-state index is -0.491. The van der Waals surface area contributed by atoms with Gasteiger partial charge in [-0.2, -0.15) is 0 Å². The molecular formula is C10H7F2N. The Labute approximate surface area is 73.8 Å². The topological polar surface area (TPSA) is 26.0 Å². The number of anilines is 1. The third-order valence-electron chi connectivity index (χ3n) is 1.97. The maximum Gasteiger partial charge on any atom is 0.133 e. The summed E-state index contributed by atoms with van der Waals surface area (Å²) in [6.45, 7) is 0. The third kappa shape index (κ3) is 1.13. The van der Waals surface area contributed by atoms with Gasteiger partial charge in [0.1, 0.15) is 11.6 Å². The van der Waals surface area contributed by atoms with Crippen LogP contribution in [0.1, 0.15) is 0 Å². The van der Waals surface area contributed by atoms with Crippen molar-refractivity contribution in [2.75, 3.05) is 5.73 Å². The fourth-order valence-electron chi connectivity index (χ4n) is 1.35. The number of fused-ring (bicyclic) bond motifs is 1. The fourth-order valence-corrected chi connectivity index (χ4v) is 1.35. The molecule has 66 valence electrons. The van der Waals surface area contributed by atoms with E-state index in [0.717, 1.165) is 0 Å². The van der Waals surface area contributed by atoms with Crippen LogP contribution in [0.2, 0.25) is 0 Å². The largest absolute Gasteiger partial charge is 0.398 e. The summed E-state index contributed by atoms with van der Waals surface area (Å²) >= 11 is 0. The fraction of sp³-hybridized carbons (Fsp3) is 0. The molecule has 3 heteroatoms. The van der Waals surface area contributed by atoms with E-state index in [1.54, 1.807) is 0 Å². The lowest BCUT2D eigenvalue weighted by Gasteiger charge is -2.03. The number of nitrogens with two attached hydrogens (primary N) is 1. The maximum absolute atomic E-state index is 13.2. The Hall–Kier alpha value is -1.64. The van der Waals surface area contributed by atoms with Crippen LogP contribution < -0.4 is 5.73 Å². The normalized spacial score (nSPS) is 10.6. The van der Waals surface area contributed by atoms with Gasteiger partial charge in [0, 0.05) is 16.5 Å². The summed E-state index contributed by atoms with van der Waals surface area (Å²) < 4.78 is 26.3. The van der Waals surface area contributed by atoms with Gasteiger partial charge in [0.15, 0.2) is 0 Å². The van der Waals surface area contributed by atoms with E-state index in [1.807, 2.05) is 0 Å². The summed E-state index contributed by atoms with van der Waals surface area (Å²) in [6.07, 6.45) is 0. The molecule has 0 amide bonds. The van der Waals surface area contributed by atoms with E-state index in [1.165, 1.54) is 30.3 Å². The number of hydrogen-bond acceptors (Lipinski definition) is 1. The molecule has 2 rings (SSSR count). The van der Waals surface area contributed by atoms with Gasteiger partial charge in [-0.05, 0) is 18.2 Å².